The molecule has 2 aliphatic heterocycles. The predicted octanol–water partition coefficient (Wildman–Crippen LogP) is 2.86. The summed E-state index contributed by atoms with van der Waals surface area (Å²) in [6.45, 7) is 7.95. The molecule has 1 amide bonds. The summed E-state index contributed by atoms with van der Waals surface area (Å²) in [4.78, 5) is 14.3. The van der Waals surface area contributed by atoms with E-state index in [1.54, 1.807) is 5.48 Å². The van der Waals surface area contributed by atoms with Gasteiger partial charge in [0.2, 0.25) is 0 Å². The Labute approximate surface area is 166 Å². The fourth-order valence-corrected chi connectivity index (χ4v) is 4.16. The number of unbranched alkanes of at least 4 members (excludes halogenated alkanes) is 1. The van der Waals surface area contributed by atoms with E-state index in [9.17, 15) is 10.0 Å². The maximum Gasteiger partial charge on any atom is 0.260 e. The standard InChI is InChI=1S/C21H32N2O5/c1-4-5-10-26-18-8-6-17(7-9-18)13-23-14-21(12-19(23)20(24)22-25)27-15(2)11-16(3)28-21/h6-9,15-16,19,25H,4-5,10-14H2,1-3H3,(H,22,24)/t15?,16?,19-,21?/m1/s1. The number of hydroxylamine groups is 1. The summed E-state index contributed by atoms with van der Waals surface area (Å²) in [6, 6.07) is 7.41. The molecule has 0 saturated carbocycles. The lowest BCUT2D eigenvalue weighted by Crippen LogP contribution is -2.48. The Balaban J connectivity index is 1.69. The number of hydrogen-bond donors (Lipinski definition) is 2. The van der Waals surface area contributed by atoms with Crippen molar-refractivity contribution in [1.29, 1.82) is 0 Å². The molecule has 0 aromatic heterocycles. The number of nitrogens with zero attached hydrogens (tertiary/aromatic N) is 1. The van der Waals surface area contributed by atoms with Crippen molar-refractivity contribution < 1.29 is 24.2 Å². The molecule has 2 unspecified atom stereocenters. The molecule has 28 heavy (non-hydrogen) atoms. The minimum atomic E-state index is -0.808. The Bertz CT molecular complexity index is 641. The number of ether oxygens (including phenoxy) is 3. The van der Waals surface area contributed by atoms with Gasteiger partial charge < -0.3 is 14.2 Å². The van der Waals surface area contributed by atoms with Crippen LogP contribution in [0.3, 0.4) is 0 Å². The van der Waals surface area contributed by atoms with E-state index >= 15 is 0 Å². The van der Waals surface area contributed by atoms with Crippen molar-refractivity contribution in [3.05, 3.63) is 29.8 Å². The molecule has 2 saturated heterocycles. The fourth-order valence-electron chi connectivity index (χ4n) is 4.16. The van der Waals surface area contributed by atoms with Crippen LogP contribution in [-0.2, 0) is 20.8 Å². The highest BCUT2D eigenvalue weighted by Crippen LogP contribution is 2.38. The molecular formula is C21H32N2O5. The zero-order valence-corrected chi connectivity index (χ0v) is 17.0. The summed E-state index contributed by atoms with van der Waals surface area (Å²) in [5, 5.41) is 9.18. The summed E-state index contributed by atoms with van der Waals surface area (Å²) in [6.07, 6.45) is 3.50. The van der Waals surface area contributed by atoms with Crippen LogP contribution in [0.1, 0.15) is 52.0 Å². The molecule has 0 aliphatic carbocycles. The SMILES string of the molecule is CCCCOc1ccc(CN2CC3(C[C@@H]2C(=O)NO)OC(C)CC(C)O3)cc1. The van der Waals surface area contributed by atoms with Gasteiger partial charge >= 0.3 is 0 Å². The third kappa shape index (κ3) is 5.03. The van der Waals surface area contributed by atoms with Crippen molar-refractivity contribution >= 4 is 5.91 Å². The molecule has 156 valence electrons. The van der Waals surface area contributed by atoms with Gasteiger partial charge in [0.15, 0.2) is 5.79 Å². The maximum atomic E-state index is 12.3. The van der Waals surface area contributed by atoms with Crippen LogP contribution in [0.15, 0.2) is 24.3 Å². The van der Waals surface area contributed by atoms with Gasteiger partial charge in [0.1, 0.15) is 5.75 Å². The number of rotatable bonds is 7. The Kier molecular flexibility index (Phi) is 6.93. The molecule has 2 N–H and O–H groups in total. The zero-order valence-electron chi connectivity index (χ0n) is 17.0. The zero-order chi connectivity index (χ0) is 20.1. The van der Waals surface area contributed by atoms with Crippen LogP contribution >= 0.6 is 0 Å². The van der Waals surface area contributed by atoms with Crippen molar-refractivity contribution in [2.45, 2.75) is 77.0 Å². The molecule has 2 aliphatic rings. The number of nitrogens with one attached hydrogen (secondary N) is 1. The van der Waals surface area contributed by atoms with Crippen LogP contribution in [-0.4, -0.2) is 53.2 Å². The minimum Gasteiger partial charge on any atom is -0.494 e. The topological polar surface area (TPSA) is 80.3 Å². The number of carbonyl (C=O) groups is 1. The van der Waals surface area contributed by atoms with Gasteiger partial charge in [0.05, 0.1) is 31.4 Å². The van der Waals surface area contributed by atoms with E-state index in [4.69, 9.17) is 14.2 Å². The molecule has 0 radical (unpaired) electrons. The Hall–Kier alpha value is -1.67. The summed E-state index contributed by atoms with van der Waals surface area (Å²) < 4.78 is 18.0. The summed E-state index contributed by atoms with van der Waals surface area (Å²) in [5.74, 6) is -0.395. The first-order valence-corrected chi connectivity index (χ1v) is 10.2. The fraction of sp³-hybridized carbons (Fsp3) is 0.667. The van der Waals surface area contributed by atoms with E-state index in [1.807, 2.05) is 43.0 Å². The third-order valence-electron chi connectivity index (χ3n) is 5.37. The monoisotopic (exact) mass is 392 g/mol. The normalized spacial score (nSPS) is 30.5. The van der Waals surface area contributed by atoms with E-state index in [0.717, 1.165) is 30.6 Å². The Morgan fingerprint density at radius 3 is 2.57 bits per heavy atom. The minimum absolute atomic E-state index is 0.0705. The second kappa shape index (κ2) is 9.22. The molecule has 1 spiro atoms. The number of carbonyl (C=O) groups excluding carboxylic acids is 1. The van der Waals surface area contributed by atoms with Crippen LogP contribution in [0.2, 0.25) is 0 Å². The molecule has 3 rings (SSSR count). The highest BCUT2D eigenvalue weighted by atomic mass is 16.7. The first-order chi connectivity index (χ1) is 13.4. The van der Waals surface area contributed by atoms with Crippen LogP contribution in [0.4, 0.5) is 0 Å². The lowest BCUT2D eigenvalue weighted by Gasteiger charge is -2.40. The summed E-state index contributed by atoms with van der Waals surface area (Å²) in [7, 11) is 0. The van der Waals surface area contributed by atoms with E-state index in [-0.39, 0.29) is 12.2 Å². The molecule has 7 heteroatoms. The second-order valence-corrected chi connectivity index (χ2v) is 7.95. The van der Waals surface area contributed by atoms with Gasteiger partial charge in [0.25, 0.3) is 5.91 Å². The van der Waals surface area contributed by atoms with E-state index in [2.05, 4.69) is 6.92 Å². The number of amides is 1. The Morgan fingerprint density at radius 2 is 1.96 bits per heavy atom. The van der Waals surface area contributed by atoms with Crippen molar-refractivity contribution in [2.24, 2.45) is 0 Å². The number of hydrogen-bond acceptors (Lipinski definition) is 6. The van der Waals surface area contributed by atoms with Crippen molar-refractivity contribution in [3.63, 3.8) is 0 Å². The Morgan fingerprint density at radius 1 is 1.29 bits per heavy atom. The summed E-state index contributed by atoms with van der Waals surface area (Å²) in [5.41, 5.74) is 2.86. The van der Waals surface area contributed by atoms with E-state index < -0.39 is 17.7 Å². The van der Waals surface area contributed by atoms with E-state index in [1.165, 1.54) is 0 Å². The van der Waals surface area contributed by atoms with Gasteiger partial charge in [-0.1, -0.05) is 25.5 Å². The number of likely N-dealkylation sites (tertiary alicyclic amines) is 1. The molecular weight excluding hydrogens is 360 g/mol. The highest BCUT2D eigenvalue weighted by Gasteiger charge is 2.52. The molecule has 7 nitrogen and oxygen atoms in total. The smallest absolute Gasteiger partial charge is 0.260 e. The lowest BCUT2D eigenvalue weighted by atomic mass is 10.1. The molecule has 0 bridgehead atoms. The summed E-state index contributed by atoms with van der Waals surface area (Å²) >= 11 is 0. The van der Waals surface area contributed by atoms with Gasteiger partial charge in [-0.15, -0.1) is 0 Å². The average molecular weight is 392 g/mol. The first kappa shape index (κ1) is 21.0. The largest absolute Gasteiger partial charge is 0.494 e. The van der Waals surface area contributed by atoms with Crippen LogP contribution in [0.5, 0.6) is 5.75 Å². The molecule has 1 aromatic carbocycles. The second-order valence-electron chi connectivity index (χ2n) is 7.95. The predicted molar refractivity (Wildman–Crippen MR) is 104 cm³/mol. The van der Waals surface area contributed by atoms with Gasteiger partial charge in [0, 0.05) is 13.0 Å². The quantitative estimate of drug-likeness (QED) is 0.422. The van der Waals surface area contributed by atoms with Crippen LogP contribution in [0.25, 0.3) is 0 Å². The number of benzene rings is 1. The molecule has 3 atom stereocenters. The molecule has 1 aromatic rings. The first-order valence-electron chi connectivity index (χ1n) is 10.2. The third-order valence-corrected chi connectivity index (χ3v) is 5.37. The van der Waals surface area contributed by atoms with Gasteiger partial charge in [-0.2, -0.15) is 0 Å². The molecule has 2 fully saturated rings. The molecule has 2 heterocycles. The van der Waals surface area contributed by atoms with Gasteiger partial charge in [-0.05, 0) is 44.4 Å². The highest BCUT2D eigenvalue weighted by molar-refractivity contribution is 5.81. The van der Waals surface area contributed by atoms with Crippen molar-refractivity contribution in [1.82, 2.24) is 10.4 Å². The van der Waals surface area contributed by atoms with Gasteiger partial charge in [-0.3, -0.25) is 14.9 Å². The van der Waals surface area contributed by atoms with Crippen molar-refractivity contribution in [3.8, 4) is 5.75 Å². The van der Waals surface area contributed by atoms with E-state index in [0.29, 0.717) is 26.1 Å². The van der Waals surface area contributed by atoms with Crippen LogP contribution in [0, 0.1) is 0 Å². The maximum absolute atomic E-state index is 12.3. The lowest BCUT2D eigenvalue weighted by molar-refractivity contribution is -0.303. The van der Waals surface area contributed by atoms with Gasteiger partial charge in [-0.25, -0.2) is 5.48 Å². The van der Waals surface area contributed by atoms with Crippen molar-refractivity contribution in [2.75, 3.05) is 13.2 Å². The average Bonchev–Trinajstić information content (AvgIpc) is 2.98. The van der Waals surface area contributed by atoms with Crippen LogP contribution < -0.4 is 10.2 Å².